The fraction of sp³-hybridized carbons (Fsp3) is 0.667. The number of aliphatic hydroxyl groups is 1. The maximum absolute atomic E-state index is 10.1. The van der Waals surface area contributed by atoms with Gasteiger partial charge in [-0.1, -0.05) is 0 Å². The van der Waals surface area contributed by atoms with Crippen LogP contribution in [0.3, 0.4) is 0 Å². The molecule has 4 heterocycles. The monoisotopic (exact) mass is 277 g/mol. The number of aromatic hydroxyl groups is 1. The maximum Gasteiger partial charge on any atom is 0.141 e. The highest BCUT2D eigenvalue weighted by Gasteiger charge is 2.33. The lowest BCUT2D eigenvalue weighted by molar-refractivity contribution is 0.0718. The molecule has 0 spiro atoms. The Morgan fingerprint density at radius 1 is 1.40 bits per heavy atom. The minimum absolute atomic E-state index is 0.0852. The molecule has 2 bridgehead atoms. The first-order valence-electron chi connectivity index (χ1n) is 7.42. The SMILES string of the molecule is Cc1ncc(CO)c(CNC2CN3CCC2CC3)c1O. The fourth-order valence-corrected chi connectivity index (χ4v) is 3.45. The van der Waals surface area contributed by atoms with E-state index in [1.165, 1.54) is 25.9 Å². The van der Waals surface area contributed by atoms with Crippen LogP contribution in [0.5, 0.6) is 5.75 Å². The summed E-state index contributed by atoms with van der Waals surface area (Å²) in [7, 11) is 0. The van der Waals surface area contributed by atoms with E-state index in [1.54, 1.807) is 13.1 Å². The second-order valence-corrected chi connectivity index (χ2v) is 5.98. The molecular formula is C15H23N3O2. The number of hydrogen-bond acceptors (Lipinski definition) is 5. The quantitative estimate of drug-likeness (QED) is 0.758. The Bertz CT molecular complexity index is 484. The molecule has 3 fully saturated rings. The second-order valence-electron chi connectivity index (χ2n) is 5.98. The number of aromatic nitrogens is 1. The van der Waals surface area contributed by atoms with Crippen LogP contribution in [0.1, 0.15) is 29.7 Å². The van der Waals surface area contributed by atoms with Gasteiger partial charge in [-0.3, -0.25) is 4.98 Å². The van der Waals surface area contributed by atoms with E-state index in [2.05, 4.69) is 15.2 Å². The molecule has 0 aromatic carbocycles. The number of nitrogens with one attached hydrogen (secondary N) is 1. The van der Waals surface area contributed by atoms with Gasteiger partial charge in [-0.25, -0.2) is 0 Å². The number of aryl methyl sites for hydroxylation is 1. The lowest BCUT2D eigenvalue weighted by Crippen LogP contribution is -2.55. The predicted octanol–water partition coefficient (Wildman–Crippen LogP) is 0.772. The van der Waals surface area contributed by atoms with E-state index in [9.17, 15) is 10.2 Å². The summed E-state index contributed by atoms with van der Waals surface area (Å²) in [6.45, 7) is 5.85. The van der Waals surface area contributed by atoms with Crippen molar-refractivity contribution in [1.82, 2.24) is 15.2 Å². The van der Waals surface area contributed by atoms with E-state index < -0.39 is 0 Å². The molecule has 1 aromatic heterocycles. The lowest BCUT2D eigenvalue weighted by atomic mass is 9.84. The number of fused-ring (bicyclic) bond motifs is 3. The molecule has 0 radical (unpaired) electrons. The lowest BCUT2D eigenvalue weighted by Gasteiger charge is -2.45. The first-order chi connectivity index (χ1) is 9.69. The van der Waals surface area contributed by atoms with Crippen molar-refractivity contribution in [2.75, 3.05) is 19.6 Å². The molecule has 1 aromatic rings. The third-order valence-corrected chi connectivity index (χ3v) is 4.80. The van der Waals surface area contributed by atoms with Crippen LogP contribution >= 0.6 is 0 Å². The van der Waals surface area contributed by atoms with Gasteiger partial charge >= 0.3 is 0 Å². The largest absolute Gasteiger partial charge is 0.506 e. The Labute approximate surface area is 119 Å². The predicted molar refractivity (Wildman–Crippen MR) is 76.4 cm³/mol. The molecule has 1 unspecified atom stereocenters. The van der Waals surface area contributed by atoms with Crippen molar-refractivity contribution >= 4 is 0 Å². The first-order valence-corrected chi connectivity index (χ1v) is 7.42. The number of piperidine rings is 3. The molecule has 3 aliphatic heterocycles. The van der Waals surface area contributed by atoms with Crippen LogP contribution in [-0.4, -0.2) is 45.8 Å². The van der Waals surface area contributed by atoms with Crippen LogP contribution in [0.25, 0.3) is 0 Å². The van der Waals surface area contributed by atoms with E-state index >= 15 is 0 Å². The standard InChI is InChI=1S/C15H23N3O2/c1-10-15(20)13(12(9-19)6-16-10)7-17-14-8-18-4-2-11(14)3-5-18/h6,11,14,17,19-20H,2-5,7-9H2,1H3. The number of rotatable bonds is 4. The topological polar surface area (TPSA) is 68.6 Å². The number of nitrogens with zero attached hydrogens (tertiary/aromatic N) is 2. The zero-order chi connectivity index (χ0) is 14.1. The van der Waals surface area contributed by atoms with Gasteiger partial charge in [0.25, 0.3) is 0 Å². The highest BCUT2D eigenvalue weighted by atomic mass is 16.3. The highest BCUT2D eigenvalue weighted by molar-refractivity contribution is 5.40. The smallest absolute Gasteiger partial charge is 0.141 e. The third-order valence-electron chi connectivity index (χ3n) is 4.80. The van der Waals surface area contributed by atoms with Crippen molar-refractivity contribution in [3.63, 3.8) is 0 Å². The van der Waals surface area contributed by atoms with Gasteiger partial charge in [0.1, 0.15) is 5.75 Å². The van der Waals surface area contributed by atoms with Crippen LogP contribution in [-0.2, 0) is 13.2 Å². The Balaban J connectivity index is 1.70. The summed E-state index contributed by atoms with van der Waals surface area (Å²) in [5.74, 6) is 0.966. The molecule has 1 atom stereocenters. The summed E-state index contributed by atoms with van der Waals surface area (Å²) in [6, 6.07) is 0.497. The fourth-order valence-electron chi connectivity index (χ4n) is 3.45. The normalized spacial score (nSPS) is 28.8. The second kappa shape index (κ2) is 5.68. The summed E-state index contributed by atoms with van der Waals surface area (Å²) in [6.07, 6.45) is 4.19. The van der Waals surface area contributed by atoms with Gasteiger partial charge < -0.3 is 20.4 Å². The van der Waals surface area contributed by atoms with Crippen molar-refractivity contribution in [3.8, 4) is 5.75 Å². The van der Waals surface area contributed by atoms with Gasteiger partial charge in [-0.2, -0.15) is 0 Å². The molecule has 4 rings (SSSR count). The summed E-state index contributed by atoms with van der Waals surface area (Å²) >= 11 is 0. The van der Waals surface area contributed by atoms with Gasteiger partial charge in [0.15, 0.2) is 0 Å². The first kappa shape index (κ1) is 13.8. The third kappa shape index (κ3) is 2.53. The summed E-state index contributed by atoms with van der Waals surface area (Å²) < 4.78 is 0. The minimum atomic E-state index is -0.0852. The van der Waals surface area contributed by atoms with Crippen LogP contribution in [0.2, 0.25) is 0 Å². The molecule has 3 N–H and O–H groups in total. The Hall–Kier alpha value is -1.17. The Morgan fingerprint density at radius 3 is 2.75 bits per heavy atom. The molecule has 110 valence electrons. The van der Waals surface area contributed by atoms with Gasteiger partial charge in [0.2, 0.25) is 0 Å². The number of hydrogen-bond donors (Lipinski definition) is 3. The van der Waals surface area contributed by atoms with E-state index in [1.807, 2.05) is 0 Å². The zero-order valence-corrected chi connectivity index (χ0v) is 12.0. The van der Waals surface area contributed by atoms with Crippen LogP contribution in [0.4, 0.5) is 0 Å². The summed E-state index contributed by atoms with van der Waals surface area (Å²) in [5.41, 5.74) is 2.12. The van der Waals surface area contributed by atoms with Crippen molar-refractivity contribution in [2.24, 2.45) is 5.92 Å². The molecule has 3 saturated heterocycles. The Kier molecular flexibility index (Phi) is 3.92. The van der Waals surface area contributed by atoms with Gasteiger partial charge in [-0.05, 0) is 38.8 Å². The molecule has 20 heavy (non-hydrogen) atoms. The van der Waals surface area contributed by atoms with Gasteiger partial charge in [-0.15, -0.1) is 0 Å². The van der Waals surface area contributed by atoms with E-state index in [0.717, 1.165) is 18.0 Å². The van der Waals surface area contributed by atoms with Crippen LogP contribution < -0.4 is 5.32 Å². The highest BCUT2D eigenvalue weighted by Crippen LogP contribution is 2.29. The minimum Gasteiger partial charge on any atom is -0.506 e. The molecular weight excluding hydrogens is 254 g/mol. The number of aliphatic hydroxyl groups excluding tert-OH is 1. The molecule has 5 heteroatoms. The molecule has 3 aliphatic rings. The van der Waals surface area contributed by atoms with Crippen molar-refractivity contribution in [3.05, 3.63) is 23.0 Å². The van der Waals surface area contributed by atoms with E-state index in [4.69, 9.17) is 0 Å². The van der Waals surface area contributed by atoms with E-state index in [0.29, 0.717) is 23.8 Å². The van der Waals surface area contributed by atoms with Crippen molar-refractivity contribution in [2.45, 2.75) is 39.0 Å². The van der Waals surface area contributed by atoms with Crippen molar-refractivity contribution in [1.29, 1.82) is 0 Å². The Morgan fingerprint density at radius 2 is 2.15 bits per heavy atom. The van der Waals surface area contributed by atoms with Crippen molar-refractivity contribution < 1.29 is 10.2 Å². The molecule has 0 aliphatic carbocycles. The molecule has 0 amide bonds. The van der Waals surface area contributed by atoms with Crippen LogP contribution in [0, 0.1) is 12.8 Å². The molecule has 5 nitrogen and oxygen atoms in total. The number of pyridine rings is 1. The van der Waals surface area contributed by atoms with Crippen LogP contribution in [0.15, 0.2) is 6.20 Å². The average molecular weight is 277 g/mol. The zero-order valence-electron chi connectivity index (χ0n) is 12.0. The average Bonchev–Trinajstić information content (AvgIpc) is 2.50. The maximum atomic E-state index is 10.1. The van der Waals surface area contributed by atoms with Gasteiger partial charge in [0.05, 0.1) is 12.3 Å². The van der Waals surface area contributed by atoms with Gasteiger partial charge in [0, 0.05) is 36.5 Å². The summed E-state index contributed by atoms with van der Waals surface area (Å²) in [4.78, 5) is 6.60. The summed E-state index contributed by atoms with van der Waals surface area (Å²) in [5, 5.41) is 23.1. The van der Waals surface area contributed by atoms with E-state index in [-0.39, 0.29) is 12.4 Å². The molecule has 0 saturated carbocycles.